The van der Waals surface area contributed by atoms with Crippen LogP contribution in [0, 0.1) is 0 Å². The van der Waals surface area contributed by atoms with Crippen LogP contribution in [-0.2, 0) is 18.4 Å². The second-order valence-corrected chi connectivity index (χ2v) is 5.36. The number of rotatable bonds is 3. The van der Waals surface area contributed by atoms with Gasteiger partial charge in [0.15, 0.2) is 0 Å². The van der Waals surface area contributed by atoms with Gasteiger partial charge in [0.2, 0.25) is 0 Å². The van der Waals surface area contributed by atoms with Crippen molar-refractivity contribution >= 4 is 0 Å². The first kappa shape index (κ1) is 11.8. The maximum absolute atomic E-state index is 10.4. The summed E-state index contributed by atoms with van der Waals surface area (Å²) in [6.45, 7) is 0. The van der Waals surface area contributed by atoms with Crippen LogP contribution < -0.4 is 9.47 Å². The summed E-state index contributed by atoms with van der Waals surface area (Å²) in [7, 11) is 3.41. The maximum Gasteiger partial charge on any atom is 0.128 e. The van der Waals surface area contributed by atoms with Crippen LogP contribution in [0.25, 0.3) is 0 Å². The van der Waals surface area contributed by atoms with Gasteiger partial charge in [-0.15, -0.1) is 0 Å². The lowest BCUT2D eigenvalue weighted by Crippen LogP contribution is -2.14. The molecule has 3 heteroatoms. The molecule has 1 N–H and O–H groups in total. The van der Waals surface area contributed by atoms with Crippen LogP contribution in [0.4, 0.5) is 0 Å². The fraction of sp³-hybridized carbons (Fsp3) is 0.600. The van der Waals surface area contributed by atoms with E-state index >= 15 is 0 Å². The fourth-order valence-electron chi connectivity index (χ4n) is 3.02. The SMILES string of the molecule is COc1cc(C2(O)CC2)c(OC)c2c1CCCC2. The minimum Gasteiger partial charge on any atom is -0.496 e. The Balaban J connectivity index is 2.20. The number of methoxy groups -OCH3 is 2. The number of hydrogen-bond donors (Lipinski definition) is 1. The summed E-state index contributed by atoms with van der Waals surface area (Å²) in [6, 6.07) is 1.98. The highest BCUT2D eigenvalue weighted by molar-refractivity contribution is 5.57. The zero-order valence-electron chi connectivity index (χ0n) is 11.1. The molecule has 0 amide bonds. The van der Waals surface area contributed by atoms with Gasteiger partial charge in [-0.3, -0.25) is 0 Å². The van der Waals surface area contributed by atoms with Gasteiger partial charge in [0.05, 0.1) is 19.8 Å². The average molecular weight is 248 g/mol. The summed E-state index contributed by atoms with van der Waals surface area (Å²) >= 11 is 0. The van der Waals surface area contributed by atoms with E-state index in [1.807, 2.05) is 6.07 Å². The topological polar surface area (TPSA) is 38.7 Å². The summed E-state index contributed by atoms with van der Waals surface area (Å²) < 4.78 is 11.1. The molecule has 2 aliphatic carbocycles. The van der Waals surface area contributed by atoms with Gasteiger partial charge in [-0.2, -0.15) is 0 Å². The molecule has 3 rings (SSSR count). The molecule has 0 unspecified atom stereocenters. The minimum atomic E-state index is -0.675. The number of aliphatic hydroxyl groups is 1. The van der Waals surface area contributed by atoms with E-state index in [1.165, 1.54) is 24.0 Å². The van der Waals surface area contributed by atoms with Gasteiger partial charge in [0.1, 0.15) is 11.5 Å². The standard InChI is InChI=1S/C15H20O3/c1-17-13-9-12(15(16)7-8-15)14(18-2)11-6-4-3-5-10(11)13/h9,16H,3-8H2,1-2H3. The summed E-state index contributed by atoms with van der Waals surface area (Å²) in [4.78, 5) is 0. The third-order valence-electron chi connectivity index (χ3n) is 4.21. The third kappa shape index (κ3) is 1.69. The second kappa shape index (κ2) is 4.16. The normalized spacial score (nSPS) is 20.2. The van der Waals surface area contributed by atoms with Crippen molar-refractivity contribution in [3.05, 3.63) is 22.8 Å². The highest BCUT2D eigenvalue weighted by Gasteiger charge is 2.45. The van der Waals surface area contributed by atoms with E-state index in [4.69, 9.17) is 9.47 Å². The van der Waals surface area contributed by atoms with E-state index in [9.17, 15) is 5.11 Å². The third-order valence-corrected chi connectivity index (χ3v) is 4.21. The summed E-state index contributed by atoms with van der Waals surface area (Å²) in [5.41, 5.74) is 2.76. The Hall–Kier alpha value is -1.22. The van der Waals surface area contributed by atoms with Gasteiger partial charge < -0.3 is 14.6 Å². The molecule has 0 atom stereocenters. The largest absolute Gasteiger partial charge is 0.496 e. The number of benzene rings is 1. The van der Waals surface area contributed by atoms with Crippen LogP contribution in [0.2, 0.25) is 0 Å². The molecule has 0 saturated heterocycles. The summed E-state index contributed by atoms with van der Waals surface area (Å²) in [5, 5.41) is 10.4. The van der Waals surface area contributed by atoms with E-state index < -0.39 is 5.60 Å². The summed E-state index contributed by atoms with van der Waals surface area (Å²) in [5.74, 6) is 1.81. The average Bonchev–Trinajstić information content (AvgIpc) is 3.16. The lowest BCUT2D eigenvalue weighted by Gasteiger charge is -2.25. The van der Waals surface area contributed by atoms with Crippen molar-refractivity contribution < 1.29 is 14.6 Å². The Kier molecular flexibility index (Phi) is 2.74. The Morgan fingerprint density at radius 2 is 1.72 bits per heavy atom. The molecular weight excluding hydrogens is 228 g/mol. The van der Waals surface area contributed by atoms with Crippen molar-refractivity contribution in [1.82, 2.24) is 0 Å². The van der Waals surface area contributed by atoms with Crippen LogP contribution in [0.3, 0.4) is 0 Å². The molecule has 1 fully saturated rings. The van der Waals surface area contributed by atoms with Crippen LogP contribution >= 0.6 is 0 Å². The second-order valence-electron chi connectivity index (χ2n) is 5.36. The Bertz CT molecular complexity index is 475. The molecule has 0 aromatic heterocycles. The van der Waals surface area contributed by atoms with Crippen molar-refractivity contribution in [1.29, 1.82) is 0 Å². The minimum absolute atomic E-state index is 0.675. The molecule has 3 nitrogen and oxygen atoms in total. The quantitative estimate of drug-likeness (QED) is 0.893. The molecule has 0 aliphatic heterocycles. The molecule has 1 aromatic rings. The molecular formula is C15H20O3. The van der Waals surface area contributed by atoms with Gasteiger partial charge in [-0.25, -0.2) is 0 Å². The van der Waals surface area contributed by atoms with Crippen LogP contribution in [0.5, 0.6) is 11.5 Å². The first-order valence-corrected chi connectivity index (χ1v) is 6.69. The van der Waals surface area contributed by atoms with Crippen molar-refractivity contribution in [3.63, 3.8) is 0 Å². The Labute approximate surface area is 108 Å². The lowest BCUT2D eigenvalue weighted by atomic mass is 9.87. The van der Waals surface area contributed by atoms with Crippen LogP contribution in [0.1, 0.15) is 42.4 Å². The van der Waals surface area contributed by atoms with Gasteiger partial charge in [-0.1, -0.05) is 0 Å². The zero-order chi connectivity index (χ0) is 12.8. The van der Waals surface area contributed by atoms with Gasteiger partial charge in [0.25, 0.3) is 0 Å². The van der Waals surface area contributed by atoms with E-state index in [2.05, 4.69) is 0 Å². The van der Waals surface area contributed by atoms with Crippen LogP contribution in [-0.4, -0.2) is 19.3 Å². The number of ether oxygens (including phenoxy) is 2. The molecule has 0 spiro atoms. The van der Waals surface area contributed by atoms with E-state index in [0.717, 1.165) is 42.7 Å². The van der Waals surface area contributed by atoms with Crippen LogP contribution in [0.15, 0.2) is 6.07 Å². The smallest absolute Gasteiger partial charge is 0.128 e. The van der Waals surface area contributed by atoms with Gasteiger partial charge in [-0.05, 0) is 44.6 Å². The van der Waals surface area contributed by atoms with Crippen molar-refractivity contribution in [2.24, 2.45) is 0 Å². The van der Waals surface area contributed by atoms with Gasteiger partial charge >= 0.3 is 0 Å². The zero-order valence-corrected chi connectivity index (χ0v) is 11.1. The molecule has 0 heterocycles. The van der Waals surface area contributed by atoms with E-state index in [1.54, 1.807) is 14.2 Å². The molecule has 98 valence electrons. The van der Waals surface area contributed by atoms with Gasteiger partial charge in [0, 0.05) is 16.7 Å². The van der Waals surface area contributed by atoms with E-state index in [0.29, 0.717) is 0 Å². The number of hydrogen-bond acceptors (Lipinski definition) is 3. The van der Waals surface area contributed by atoms with Crippen molar-refractivity contribution in [2.45, 2.75) is 44.1 Å². The predicted octanol–water partition coefficient (Wildman–Crippen LogP) is 2.56. The molecule has 2 aliphatic rings. The Morgan fingerprint density at radius 1 is 1.06 bits per heavy atom. The lowest BCUT2D eigenvalue weighted by molar-refractivity contribution is 0.146. The highest BCUT2D eigenvalue weighted by atomic mass is 16.5. The monoisotopic (exact) mass is 248 g/mol. The molecule has 18 heavy (non-hydrogen) atoms. The molecule has 0 radical (unpaired) electrons. The number of fused-ring (bicyclic) bond motifs is 1. The highest BCUT2D eigenvalue weighted by Crippen LogP contribution is 2.52. The predicted molar refractivity (Wildman–Crippen MR) is 69.3 cm³/mol. The first-order valence-electron chi connectivity index (χ1n) is 6.69. The first-order chi connectivity index (χ1) is 8.69. The summed E-state index contributed by atoms with van der Waals surface area (Å²) in [6.07, 6.45) is 6.12. The Morgan fingerprint density at radius 3 is 2.28 bits per heavy atom. The van der Waals surface area contributed by atoms with Crippen molar-refractivity contribution in [2.75, 3.05) is 14.2 Å². The van der Waals surface area contributed by atoms with Crippen molar-refractivity contribution in [3.8, 4) is 11.5 Å². The van der Waals surface area contributed by atoms with E-state index in [-0.39, 0.29) is 0 Å². The fourth-order valence-corrected chi connectivity index (χ4v) is 3.02. The molecule has 1 aromatic carbocycles. The molecule has 1 saturated carbocycles. The maximum atomic E-state index is 10.4. The molecule has 0 bridgehead atoms.